The van der Waals surface area contributed by atoms with Crippen LogP contribution in [0.5, 0.6) is 0 Å². The monoisotopic (exact) mass is 575 g/mol. The molecular weight excluding hydrogens is 534 g/mol. The topological polar surface area (TPSA) is 86.8 Å². The maximum Gasteiger partial charge on any atom is 0.264 e. The molecule has 1 fully saturated rings. The van der Waals surface area contributed by atoms with Crippen LogP contribution >= 0.6 is 0 Å². The molecular formula is C33H41N3O4S. The smallest absolute Gasteiger partial charge is 0.264 e. The standard InChI is InChI=1S/C33H41N3O4S/c1-24(2)27-18-20-30(21-19-27)36(41(39,40)31-16-6-5-7-17-31)23-32(37)35(22-28-13-9-8-12-25(28)3)26(4)33(38)34-29-14-10-11-15-29/h5-9,12-13,16-21,24,26,29H,10-11,14-15,22-23H2,1-4H3,(H,34,38). The minimum atomic E-state index is -4.08. The number of benzene rings is 3. The highest BCUT2D eigenvalue weighted by Gasteiger charge is 2.33. The Balaban J connectivity index is 1.69. The van der Waals surface area contributed by atoms with Crippen molar-refractivity contribution in [3.05, 3.63) is 95.6 Å². The Labute approximate surface area is 244 Å². The van der Waals surface area contributed by atoms with E-state index in [9.17, 15) is 18.0 Å². The highest BCUT2D eigenvalue weighted by Crippen LogP contribution is 2.27. The SMILES string of the molecule is Cc1ccccc1CN(C(=O)CN(c1ccc(C(C)C)cc1)S(=O)(=O)c1ccccc1)C(C)C(=O)NC1CCCC1. The summed E-state index contributed by atoms with van der Waals surface area (Å²) in [6.45, 7) is 7.57. The minimum Gasteiger partial charge on any atom is -0.352 e. The van der Waals surface area contributed by atoms with Crippen LogP contribution in [0.15, 0.2) is 83.8 Å². The number of nitrogens with zero attached hydrogens (tertiary/aromatic N) is 2. The van der Waals surface area contributed by atoms with E-state index >= 15 is 0 Å². The van der Waals surface area contributed by atoms with Crippen molar-refractivity contribution in [2.75, 3.05) is 10.8 Å². The van der Waals surface area contributed by atoms with Gasteiger partial charge in [0.1, 0.15) is 12.6 Å². The number of anilines is 1. The van der Waals surface area contributed by atoms with Crippen LogP contribution in [0.2, 0.25) is 0 Å². The molecule has 0 saturated heterocycles. The molecule has 0 heterocycles. The van der Waals surface area contributed by atoms with Gasteiger partial charge in [0.2, 0.25) is 11.8 Å². The summed E-state index contributed by atoms with van der Waals surface area (Å²) < 4.78 is 29.0. The summed E-state index contributed by atoms with van der Waals surface area (Å²) >= 11 is 0. The zero-order valence-electron chi connectivity index (χ0n) is 24.4. The van der Waals surface area contributed by atoms with Gasteiger partial charge in [-0.05, 0) is 73.6 Å². The van der Waals surface area contributed by atoms with Gasteiger partial charge in [0.05, 0.1) is 10.6 Å². The van der Waals surface area contributed by atoms with Gasteiger partial charge in [0.25, 0.3) is 10.0 Å². The Morgan fingerprint density at radius 3 is 2.10 bits per heavy atom. The molecule has 2 amide bonds. The molecule has 0 spiro atoms. The van der Waals surface area contributed by atoms with Gasteiger partial charge in [-0.3, -0.25) is 13.9 Å². The molecule has 7 nitrogen and oxygen atoms in total. The second-order valence-electron chi connectivity index (χ2n) is 11.2. The Morgan fingerprint density at radius 1 is 0.878 bits per heavy atom. The van der Waals surface area contributed by atoms with Crippen LogP contribution in [0.1, 0.15) is 69.1 Å². The second-order valence-corrected chi connectivity index (χ2v) is 13.0. The van der Waals surface area contributed by atoms with Gasteiger partial charge >= 0.3 is 0 Å². The molecule has 1 atom stereocenters. The number of amides is 2. The first-order valence-corrected chi connectivity index (χ1v) is 15.8. The summed E-state index contributed by atoms with van der Waals surface area (Å²) in [5.41, 5.74) is 3.35. The predicted octanol–water partition coefficient (Wildman–Crippen LogP) is 5.79. The van der Waals surface area contributed by atoms with Crippen molar-refractivity contribution in [2.24, 2.45) is 0 Å². The first-order chi connectivity index (χ1) is 19.6. The van der Waals surface area contributed by atoms with Crippen LogP contribution in [0, 0.1) is 6.92 Å². The molecule has 1 N–H and O–H groups in total. The van der Waals surface area contributed by atoms with Crippen molar-refractivity contribution in [1.82, 2.24) is 10.2 Å². The van der Waals surface area contributed by atoms with E-state index in [4.69, 9.17) is 0 Å². The van der Waals surface area contributed by atoms with Gasteiger partial charge in [-0.25, -0.2) is 8.42 Å². The fourth-order valence-corrected chi connectivity index (χ4v) is 6.65. The predicted molar refractivity (Wildman–Crippen MR) is 163 cm³/mol. The average Bonchev–Trinajstić information content (AvgIpc) is 3.48. The third kappa shape index (κ3) is 7.36. The van der Waals surface area contributed by atoms with E-state index in [2.05, 4.69) is 19.2 Å². The molecule has 3 aromatic rings. The fourth-order valence-electron chi connectivity index (χ4n) is 5.22. The molecule has 218 valence electrons. The molecule has 8 heteroatoms. The summed E-state index contributed by atoms with van der Waals surface area (Å²) in [6, 6.07) is 22.4. The Morgan fingerprint density at radius 2 is 1.49 bits per heavy atom. The summed E-state index contributed by atoms with van der Waals surface area (Å²) in [6.07, 6.45) is 4.01. The lowest BCUT2D eigenvalue weighted by Gasteiger charge is -2.33. The summed E-state index contributed by atoms with van der Waals surface area (Å²) in [4.78, 5) is 29.1. The molecule has 0 radical (unpaired) electrons. The van der Waals surface area contributed by atoms with Crippen LogP contribution in [-0.4, -0.2) is 43.8 Å². The number of rotatable bonds is 11. The number of sulfonamides is 1. The van der Waals surface area contributed by atoms with E-state index in [0.717, 1.165) is 46.7 Å². The van der Waals surface area contributed by atoms with Crippen molar-refractivity contribution in [3.8, 4) is 0 Å². The first-order valence-electron chi connectivity index (χ1n) is 14.4. The number of hydrogen-bond donors (Lipinski definition) is 1. The van der Waals surface area contributed by atoms with Crippen LogP contribution < -0.4 is 9.62 Å². The maximum atomic E-state index is 14.1. The van der Waals surface area contributed by atoms with Gasteiger partial charge in [0.15, 0.2) is 0 Å². The normalized spacial score (nSPS) is 14.6. The number of hydrogen-bond acceptors (Lipinski definition) is 4. The molecule has 1 saturated carbocycles. The van der Waals surface area contributed by atoms with E-state index in [-0.39, 0.29) is 29.3 Å². The summed E-state index contributed by atoms with van der Waals surface area (Å²) in [5.74, 6) is -0.402. The molecule has 4 rings (SSSR count). The molecule has 0 aliphatic heterocycles. The Kier molecular flexibility index (Phi) is 9.86. The molecule has 1 aliphatic carbocycles. The molecule has 0 aromatic heterocycles. The third-order valence-corrected chi connectivity index (χ3v) is 9.72. The van der Waals surface area contributed by atoms with Crippen molar-refractivity contribution in [2.45, 2.75) is 82.8 Å². The second kappa shape index (κ2) is 13.3. The van der Waals surface area contributed by atoms with Crippen molar-refractivity contribution < 1.29 is 18.0 Å². The van der Waals surface area contributed by atoms with Gasteiger partial charge in [0, 0.05) is 12.6 Å². The zero-order valence-corrected chi connectivity index (χ0v) is 25.2. The number of aryl methyl sites for hydroxylation is 1. The highest BCUT2D eigenvalue weighted by molar-refractivity contribution is 7.92. The highest BCUT2D eigenvalue weighted by atomic mass is 32.2. The number of carbonyl (C=O) groups is 2. The average molecular weight is 576 g/mol. The van der Waals surface area contributed by atoms with E-state index in [1.165, 1.54) is 17.0 Å². The van der Waals surface area contributed by atoms with E-state index in [1.54, 1.807) is 37.3 Å². The largest absolute Gasteiger partial charge is 0.352 e. The summed E-state index contributed by atoms with van der Waals surface area (Å²) in [7, 11) is -4.08. The molecule has 1 unspecified atom stereocenters. The third-order valence-electron chi connectivity index (χ3n) is 7.93. The van der Waals surface area contributed by atoms with Crippen LogP contribution in [0.25, 0.3) is 0 Å². The lowest BCUT2D eigenvalue weighted by molar-refractivity contribution is -0.139. The molecule has 41 heavy (non-hydrogen) atoms. The molecule has 0 bridgehead atoms. The Bertz CT molecular complexity index is 1430. The summed E-state index contributed by atoms with van der Waals surface area (Å²) in [5, 5.41) is 3.11. The minimum absolute atomic E-state index is 0.0956. The van der Waals surface area contributed by atoms with Crippen molar-refractivity contribution >= 4 is 27.5 Å². The van der Waals surface area contributed by atoms with Gasteiger partial charge in [-0.1, -0.05) is 81.3 Å². The number of nitrogens with one attached hydrogen (secondary N) is 1. The van der Waals surface area contributed by atoms with Crippen LogP contribution in [0.4, 0.5) is 5.69 Å². The lowest BCUT2D eigenvalue weighted by Crippen LogP contribution is -2.52. The van der Waals surface area contributed by atoms with Crippen molar-refractivity contribution in [3.63, 3.8) is 0 Å². The maximum absolute atomic E-state index is 14.1. The lowest BCUT2D eigenvalue weighted by atomic mass is 10.0. The van der Waals surface area contributed by atoms with Gasteiger partial charge in [-0.2, -0.15) is 0 Å². The van der Waals surface area contributed by atoms with Crippen molar-refractivity contribution in [1.29, 1.82) is 0 Å². The number of carbonyl (C=O) groups excluding carboxylic acids is 2. The van der Waals surface area contributed by atoms with Crippen LogP contribution in [-0.2, 0) is 26.2 Å². The van der Waals surface area contributed by atoms with E-state index in [0.29, 0.717) is 5.69 Å². The van der Waals surface area contributed by atoms with E-state index < -0.39 is 28.5 Å². The fraction of sp³-hybridized carbons (Fsp3) is 0.394. The first kappa shape index (κ1) is 30.3. The van der Waals surface area contributed by atoms with E-state index in [1.807, 2.05) is 43.3 Å². The quantitative estimate of drug-likeness (QED) is 0.314. The Hall–Kier alpha value is -3.65. The zero-order chi connectivity index (χ0) is 29.6. The van der Waals surface area contributed by atoms with Gasteiger partial charge < -0.3 is 10.2 Å². The van der Waals surface area contributed by atoms with Gasteiger partial charge in [-0.15, -0.1) is 0 Å². The molecule has 1 aliphatic rings. The van der Waals surface area contributed by atoms with Crippen LogP contribution in [0.3, 0.4) is 0 Å². The molecule has 3 aromatic carbocycles.